The molecule has 5 heteroatoms. The maximum absolute atomic E-state index is 11.9. The van der Waals surface area contributed by atoms with Gasteiger partial charge in [0.15, 0.2) is 12.4 Å². The molecule has 0 fully saturated rings. The van der Waals surface area contributed by atoms with Gasteiger partial charge in [0, 0.05) is 5.56 Å². The summed E-state index contributed by atoms with van der Waals surface area (Å²) in [6.45, 7) is 2.79. The lowest BCUT2D eigenvalue weighted by atomic mass is 10.1. The van der Waals surface area contributed by atoms with Gasteiger partial charge < -0.3 is 10.1 Å². The molecule has 118 valence electrons. The second kappa shape index (κ2) is 7.35. The lowest BCUT2D eigenvalue weighted by Gasteiger charge is -2.10. The van der Waals surface area contributed by atoms with Gasteiger partial charge in [0.25, 0.3) is 5.91 Å². The highest BCUT2D eigenvalue weighted by atomic mass is 16.5. The van der Waals surface area contributed by atoms with E-state index in [0.29, 0.717) is 16.8 Å². The van der Waals surface area contributed by atoms with Crippen LogP contribution in [0.1, 0.15) is 33.2 Å². The normalized spacial score (nSPS) is 10.0. The number of para-hydroxylation sites is 1. The van der Waals surface area contributed by atoms with E-state index in [4.69, 9.17) is 4.74 Å². The average molecular weight is 311 g/mol. The molecule has 0 unspecified atom stereocenters. The fraction of sp³-hybridized carbons (Fsp3) is 0.167. The van der Waals surface area contributed by atoms with Crippen LogP contribution >= 0.6 is 0 Å². The second-order valence-electron chi connectivity index (χ2n) is 5.04. The molecule has 0 bridgehead atoms. The summed E-state index contributed by atoms with van der Waals surface area (Å²) >= 11 is 0. The molecule has 23 heavy (non-hydrogen) atoms. The van der Waals surface area contributed by atoms with Crippen LogP contribution in [-0.4, -0.2) is 24.3 Å². The Bertz CT molecular complexity index is 752. The molecular weight excluding hydrogens is 294 g/mol. The number of anilines is 1. The predicted molar refractivity (Wildman–Crippen MR) is 86.5 cm³/mol. The molecule has 0 spiro atoms. The number of nitrogens with one attached hydrogen (secondary N) is 1. The number of Topliss-reactive ketones (excluding diaryl/α,β-unsaturated/α-hetero) is 1. The van der Waals surface area contributed by atoms with Crippen LogP contribution in [0.4, 0.5) is 5.69 Å². The van der Waals surface area contributed by atoms with Crippen LogP contribution in [0.25, 0.3) is 0 Å². The van der Waals surface area contributed by atoms with Gasteiger partial charge in [0.2, 0.25) is 0 Å². The van der Waals surface area contributed by atoms with E-state index in [2.05, 4.69) is 5.32 Å². The molecule has 2 aromatic rings. The van der Waals surface area contributed by atoms with E-state index in [1.165, 1.54) is 6.92 Å². The van der Waals surface area contributed by atoms with Crippen LogP contribution < -0.4 is 5.32 Å². The van der Waals surface area contributed by atoms with Crippen molar-refractivity contribution in [2.75, 3.05) is 11.9 Å². The van der Waals surface area contributed by atoms with Crippen molar-refractivity contribution in [3.63, 3.8) is 0 Å². The highest BCUT2D eigenvalue weighted by molar-refractivity contribution is 6.04. The molecule has 1 N–H and O–H groups in total. The summed E-state index contributed by atoms with van der Waals surface area (Å²) in [7, 11) is 0. The maximum atomic E-state index is 11.9. The Morgan fingerprint density at radius 1 is 0.957 bits per heavy atom. The number of ether oxygens (including phenoxy) is 1. The number of benzene rings is 2. The van der Waals surface area contributed by atoms with Gasteiger partial charge in [-0.2, -0.15) is 0 Å². The van der Waals surface area contributed by atoms with Gasteiger partial charge >= 0.3 is 5.97 Å². The number of carbonyl (C=O) groups is 3. The van der Waals surface area contributed by atoms with Crippen molar-refractivity contribution in [2.24, 2.45) is 0 Å². The van der Waals surface area contributed by atoms with Crippen LogP contribution in [0.3, 0.4) is 0 Å². The molecule has 0 aliphatic carbocycles. The Labute approximate surface area is 134 Å². The van der Waals surface area contributed by atoms with Crippen LogP contribution in [0, 0.1) is 6.92 Å². The van der Waals surface area contributed by atoms with Gasteiger partial charge in [-0.1, -0.05) is 30.3 Å². The molecular formula is C18H17NO4. The molecule has 0 aliphatic rings. The summed E-state index contributed by atoms with van der Waals surface area (Å²) in [5, 5.41) is 2.58. The third kappa shape index (κ3) is 4.26. The Balaban J connectivity index is 1.97. The summed E-state index contributed by atoms with van der Waals surface area (Å²) in [4.78, 5) is 35.3. The number of hydrogen-bond donors (Lipinski definition) is 1. The molecule has 1 amide bonds. The Morgan fingerprint density at radius 2 is 1.57 bits per heavy atom. The second-order valence-corrected chi connectivity index (χ2v) is 5.04. The lowest BCUT2D eigenvalue weighted by Crippen LogP contribution is -2.22. The molecule has 0 atom stereocenters. The van der Waals surface area contributed by atoms with Crippen LogP contribution in [-0.2, 0) is 9.53 Å². The van der Waals surface area contributed by atoms with Crippen molar-refractivity contribution in [3.8, 4) is 0 Å². The van der Waals surface area contributed by atoms with Crippen molar-refractivity contribution in [1.82, 2.24) is 0 Å². The Morgan fingerprint density at radius 3 is 2.22 bits per heavy atom. The first kappa shape index (κ1) is 16.4. The number of esters is 1. The molecule has 0 saturated carbocycles. The summed E-state index contributed by atoms with van der Waals surface area (Å²) in [6, 6.07) is 13.6. The molecule has 0 radical (unpaired) electrons. The van der Waals surface area contributed by atoms with Gasteiger partial charge in [-0.3, -0.25) is 9.59 Å². The minimum absolute atomic E-state index is 0.155. The van der Waals surface area contributed by atoms with E-state index in [1.54, 1.807) is 49.4 Å². The molecule has 0 saturated heterocycles. The number of ketones is 1. The molecule has 5 nitrogen and oxygen atoms in total. The van der Waals surface area contributed by atoms with Crippen molar-refractivity contribution in [3.05, 3.63) is 65.2 Å². The third-order valence-corrected chi connectivity index (χ3v) is 3.28. The zero-order valence-electron chi connectivity index (χ0n) is 13.0. The van der Waals surface area contributed by atoms with Crippen LogP contribution in [0.15, 0.2) is 48.5 Å². The number of carbonyl (C=O) groups excluding carboxylic acids is 3. The first-order chi connectivity index (χ1) is 11.0. The van der Waals surface area contributed by atoms with Crippen LogP contribution in [0.5, 0.6) is 0 Å². The summed E-state index contributed by atoms with van der Waals surface area (Å²) in [6.07, 6.45) is 0. The number of aryl methyl sites for hydroxylation is 1. The lowest BCUT2D eigenvalue weighted by molar-refractivity contribution is -0.119. The van der Waals surface area contributed by atoms with Crippen molar-refractivity contribution >= 4 is 23.3 Å². The standard InChI is InChI=1S/C18H17NO4/c1-12-7-3-4-8-14(12)18(22)23-11-17(21)19-16-10-6-5-9-15(16)13(2)20/h3-10H,11H2,1-2H3,(H,19,21). The van der Waals surface area contributed by atoms with Gasteiger partial charge in [-0.25, -0.2) is 4.79 Å². The Hall–Kier alpha value is -2.95. The number of amides is 1. The van der Waals surface area contributed by atoms with E-state index in [9.17, 15) is 14.4 Å². The van der Waals surface area contributed by atoms with Gasteiger partial charge in [-0.05, 0) is 37.6 Å². The van der Waals surface area contributed by atoms with E-state index in [0.717, 1.165) is 5.56 Å². The van der Waals surface area contributed by atoms with Crippen molar-refractivity contribution < 1.29 is 19.1 Å². The summed E-state index contributed by atoms with van der Waals surface area (Å²) in [5.41, 5.74) is 2.01. The minimum atomic E-state index is -0.557. The SMILES string of the molecule is CC(=O)c1ccccc1NC(=O)COC(=O)c1ccccc1C. The van der Waals surface area contributed by atoms with E-state index < -0.39 is 18.5 Å². The monoisotopic (exact) mass is 311 g/mol. The fourth-order valence-electron chi connectivity index (χ4n) is 2.10. The highest BCUT2D eigenvalue weighted by Crippen LogP contribution is 2.15. The highest BCUT2D eigenvalue weighted by Gasteiger charge is 2.14. The minimum Gasteiger partial charge on any atom is -0.452 e. The van der Waals surface area contributed by atoms with E-state index in [-0.39, 0.29) is 5.78 Å². The number of hydrogen-bond acceptors (Lipinski definition) is 4. The summed E-state index contributed by atoms with van der Waals surface area (Å²) in [5.74, 6) is -1.21. The largest absolute Gasteiger partial charge is 0.452 e. The van der Waals surface area contributed by atoms with E-state index in [1.807, 2.05) is 6.07 Å². The number of rotatable bonds is 5. The molecule has 0 heterocycles. The van der Waals surface area contributed by atoms with Crippen molar-refractivity contribution in [1.29, 1.82) is 0 Å². The molecule has 0 aliphatic heterocycles. The van der Waals surface area contributed by atoms with Gasteiger partial charge in [0.05, 0.1) is 11.3 Å². The third-order valence-electron chi connectivity index (χ3n) is 3.28. The Kier molecular flexibility index (Phi) is 5.25. The quantitative estimate of drug-likeness (QED) is 0.680. The zero-order chi connectivity index (χ0) is 16.8. The predicted octanol–water partition coefficient (Wildman–Crippen LogP) is 2.99. The topological polar surface area (TPSA) is 72.5 Å². The maximum Gasteiger partial charge on any atom is 0.338 e. The van der Waals surface area contributed by atoms with Crippen LogP contribution in [0.2, 0.25) is 0 Å². The zero-order valence-corrected chi connectivity index (χ0v) is 13.0. The first-order valence-electron chi connectivity index (χ1n) is 7.11. The van der Waals surface area contributed by atoms with Gasteiger partial charge in [0.1, 0.15) is 0 Å². The fourth-order valence-corrected chi connectivity index (χ4v) is 2.10. The smallest absolute Gasteiger partial charge is 0.338 e. The average Bonchev–Trinajstić information content (AvgIpc) is 2.53. The van der Waals surface area contributed by atoms with E-state index >= 15 is 0 Å². The molecule has 0 aromatic heterocycles. The first-order valence-corrected chi connectivity index (χ1v) is 7.11. The molecule has 2 rings (SSSR count). The summed E-state index contributed by atoms with van der Waals surface area (Å²) < 4.78 is 5.01. The van der Waals surface area contributed by atoms with Gasteiger partial charge in [-0.15, -0.1) is 0 Å². The van der Waals surface area contributed by atoms with Crippen molar-refractivity contribution in [2.45, 2.75) is 13.8 Å². The molecule has 2 aromatic carbocycles.